The van der Waals surface area contributed by atoms with Gasteiger partial charge in [0.15, 0.2) is 5.82 Å². The largest absolute Gasteiger partial charge is 0.290 e. The third-order valence-electron chi connectivity index (χ3n) is 6.28. The summed E-state index contributed by atoms with van der Waals surface area (Å²) in [6, 6.07) is 18.4. The van der Waals surface area contributed by atoms with E-state index >= 15 is 0 Å². The first kappa shape index (κ1) is 23.7. The molecule has 5 aromatic rings. The lowest BCUT2D eigenvalue weighted by molar-refractivity contribution is 0.0955. The highest BCUT2D eigenvalue weighted by Gasteiger charge is 2.23. The van der Waals surface area contributed by atoms with Crippen molar-refractivity contribution in [3.05, 3.63) is 88.1 Å². The maximum absolute atomic E-state index is 13.1. The fraction of sp³-hybridized carbons (Fsp3) is 0.259. The van der Waals surface area contributed by atoms with Gasteiger partial charge in [0.1, 0.15) is 5.82 Å². The normalized spacial score (nSPS) is 12.1. The van der Waals surface area contributed by atoms with Crippen LogP contribution in [0, 0.1) is 0 Å². The number of hydrogen-bond acceptors (Lipinski definition) is 7. The highest BCUT2D eigenvalue weighted by Crippen LogP contribution is 2.30. The molecule has 2 aromatic carbocycles. The van der Waals surface area contributed by atoms with E-state index in [1.54, 1.807) is 11.3 Å². The molecule has 0 saturated carbocycles. The molecule has 8 nitrogen and oxygen atoms in total. The lowest BCUT2D eigenvalue weighted by Crippen LogP contribution is -2.12. The van der Waals surface area contributed by atoms with Crippen molar-refractivity contribution >= 4 is 17.1 Å². The predicted octanol–water partition coefficient (Wildman–Crippen LogP) is 5.56. The van der Waals surface area contributed by atoms with Crippen molar-refractivity contribution < 1.29 is 4.79 Å². The first-order valence-electron chi connectivity index (χ1n) is 12.1. The van der Waals surface area contributed by atoms with Gasteiger partial charge in [-0.3, -0.25) is 4.79 Å². The predicted molar refractivity (Wildman–Crippen MR) is 140 cm³/mol. The molecule has 3 aromatic heterocycles. The summed E-state index contributed by atoms with van der Waals surface area (Å²) in [5.41, 5.74) is 5.15. The highest BCUT2D eigenvalue weighted by atomic mass is 32.1. The molecule has 0 amide bonds. The van der Waals surface area contributed by atoms with Gasteiger partial charge in [-0.1, -0.05) is 68.8 Å². The number of nitrogens with one attached hydrogen (secondary N) is 1. The summed E-state index contributed by atoms with van der Waals surface area (Å²) in [5, 5.41) is 23.0. The van der Waals surface area contributed by atoms with Crippen LogP contribution < -0.4 is 0 Å². The van der Waals surface area contributed by atoms with Gasteiger partial charge < -0.3 is 0 Å². The smallest absolute Gasteiger partial charge is 0.218 e. The Kier molecular flexibility index (Phi) is 7.08. The molecular formula is C27H27N7OS. The van der Waals surface area contributed by atoms with E-state index in [1.165, 1.54) is 0 Å². The van der Waals surface area contributed by atoms with Crippen LogP contribution >= 0.6 is 11.3 Å². The Balaban J connectivity index is 1.39. The fourth-order valence-corrected chi connectivity index (χ4v) is 4.92. The van der Waals surface area contributed by atoms with Gasteiger partial charge in [-0.15, -0.1) is 10.2 Å². The number of H-pyrrole nitrogens is 1. The van der Waals surface area contributed by atoms with Gasteiger partial charge in [0, 0.05) is 17.9 Å². The molecule has 0 radical (unpaired) electrons. The fourth-order valence-electron chi connectivity index (χ4n) is 4.17. The van der Waals surface area contributed by atoms with E-state index in [2.05, 4.69) is 68.0 Å². The monoisotopic (exact) mass is 497 g/mol. The van der Waals surface area contributed by atoms with Gasteiger partial charge in [-0.05, 0) is 55.9 Å². The number of nitrogens with zero attached hydrogens (tertiary/aromatic N) is 6. The van der Waals surface area contributed by atoms with Crippen LogP contribution in [0.2, 0.25) is 0 Å². The molecule has 0 saturated heterocycles. The maximum atomic E-state index is 13.1. The second kappa shape index (κ2) is 10.7. The van der Waals surface area contributed by atoms with Gasteiger partial charge >= 0.3 is 0 Å². The Morgan fingerprint density at radius 2 is 1.89 bits per heavy atom. The zero-order chi connectivity index (χ0) is 24.9. The second-order valence-corrected chi connectivity index (χ2v) is 9.53. The molecule has 0 spiro atoms. The van der Waals surface area contributed by atoms with E-state index in [4.69, 9.17) is 0 Å². The number of thiophene rings is 1. The van der Waals surface area contributed by atoms with Crippen molar-refractivity contribution in [1.82, 2.24) is 35.4 Å². The third kappa shape index (κ3) is 5.01. The number of tetrazole rings is 1. The van der Waals surface area contributed by atoms with E-state index < -0.39 is 0 Å². The minimum Gasteiger partial charge on any atom is -0.290 e. The molecule has 1 atom stereocenters. The minimum atomic E-state index is -0.259. The number of carbonyl (C=O) groups excluding carboxylic acids is 1. The SMILES string of the molecule is CCCCc1nc(C(=O)C(C)c2ccsc2)nn1Cc1ccc(-c2ccccc2-c2nnn[nH]2)cc1. The van der Waals surface area contributed by atoms with E-state index in [1.807, 2.05) is 46.6 Å². The molecule has 0 aliphatic carbocycles. The molecular weight excluding hydrogens is 470 g/mol. The van der Waals surface area contributed by atoms with E-state index in [-0.39, 0.29) is 11.7 Å². The Morgan fingerprint density at radius 3 is 2.58 bits per heavy atom. The van der Waals surface area contributed by atoms with Crippen LogP contribution in [0.1, 0.15) is 60.2 Å². The molecule has 0 aliphatic rings. The van der Waals surface area contributed by atoms with Gasteiger partial charge in [0.25, 0.3) is 0 Å². The van der Waals surface area contributed by atoms with Crippen LogP contribution in [0.3, 0.4) is 0 Å². The average molecular weight is 498 g/mol. The third-order valence-corrected chi connectivity index (χ3v) is 6.99. The van der Waals surface area contributed by atoms with E-state index in [0.717, 1.165) is 52.9 Å². The van der Waals surface area contributed by atoms with Crippen molar-refractivity contribution in [2.45, 2.75) is 45.6 Å². The molecule has 182 valence electrons. The number of carbonyl (C=O) groups is 1. The van der Waals surface area contributed by atoms with E-state index in [9.17, 15) is 4.79 Å². The Bertz CT molecular complexity index is 1420. The number of Topliss-reactive ketones (excluding diaryl/α,β-unsaturated/α-hetero) is 1. The van der Waals surface area contributed by atoms with Crippen LogP contribution in [0.4, 0.5) is 0 Å². The molecule has 0 bridgehead atoms. The van der Waals surface area contributed by atoms with Crippen LogP contribution in [0.25, 0.3) is 22.5 Å². The van der Waals surface area contributed by atoms with Gasteiger partial charge in [-0.25, -0.2) is 14.8 Å². The standard InChI is InChI=1S/C27H27N7OS/c1-3-4-9-24-28-27(25(35)18(2)21-14-15-36-17-21)31-34(24)16-19-10-12-20(13-11-19)22-7-5-6-8-23(22)26-29-32-33-30-26/h5-8,10-15,17-18H,3-4,9,16H2,1-2H3,(H,29,30,32,33). The summed E-state index contributed by atoms with van der Waals surface area (Å²) >= 11 is 1.59. The molecule has 9 heteroatoms. The minimum absolute atomic E-state index is 0.0428. The number of aromatic amines is 1. The van der Waals surface area contributed by atoms with Crippen LogP contribution in [0.5, 0.6) is 0 Å². The molecule has 0 aliphatic heterocycles. The van der Waals surface area contributed by atoms with Gasteiger partial charge in [0.05, 0.1) is 6.54 Å². The van der Waals surface area contributed by atoms with Crippen LogP contribution in [0.15, 0.2) is 65.4 Å². The molecule has 0 fully saturated rings. The average Bonchev–Trinajstić information content (AvgIpc) is 3.70. The zero-order valence-electron chi connectivity index (χ0n) is 20.3. The molecule has 1 unspecified atom stereocenters. The highest BCUT2D eigenvalue weighted by molar-refractivity contribution is 7.08. The first-order valence-corrected chi connectivity index (χ1v) is 13.0. The first-order chi connectivity index (χ1) is 17.6. The van der Waals surface area contributed by atoms with Crippen molar-refractivity contribution in [2.75, 3.05) is 0 Å². The summed E-state index contributed by atoms with van der Waals surface area (Å²) in [6.07, 6.45) is 2.84. The van der Waals surface area contributed by atoms with E-state index in [0.29, 0.717) is 18.2 Å². The van der Waals surface area contributed by atoms with Crippen molar-refractivity contribution in [3.8, 4) is 22.5 Å². The summed E-state index contributed by atoms with van der Waals surface area (Å²) in [7, 11) is 0. The number of rotatable bonds is 10. The number of aryl methyl sites for hydroxylation is 1. The molecule has 1 N–H and O–H groups in total. The van der Waals surface area contributed by atoms with Gasteiger partial charge in [-0.2, -0.15) is 11.3 Å². The summed E-state index contributed by atoms with van der Waals surface area (Å²) in [4.78, 5) is 17.8. The maximum Gasteiger partial charge on any atom is 0.218 e. The number of benzene rings is 2. The summed E-state index contributed by atoms with van der Waals surface area (Å²) in [6.45, 7) is 4.62. The Labute approximate surface area is 213 Å². The Hall–Kier alpha value is -3.98. The zero-order valence-corrected chi connectivity index (χ0v) is 21.1. The molecule has 36 heavy (non-hydrogen) atoms. The quantitative estimate of drug-likeness (QED) is 0.253. The summed E-state index contributed by atoms with van der Waals surface area (Å²) in [5.74, 6) is 1.48. The van der Waals surface area contributed by atoms with Gasteiger partial charge in [0.2, 0.25) is 11.6 Å². The summed E-state index contributed by atoms with van der Waals surface area (Å²) < 4.78 is 1.88. The van der Waals surface area contributed by atoms with Crippen molar-refractivity contribution in [2.24, 2.45) is 0 Å². The van der Waals surface area contributed by atoms with Crippen LogP contribution in [-0.2, 0) is 13.0 Å². The number of hydrogen-bond donors (Lipinski definition) is 1. The van der Waals surface area contributed by atoms with Crippen LogP contribution in [-0.4, -0.2) is 41.2 Å². The topological polar surface area (TPSA) is 102 Å². The lowest BCUT2D eigenvalue weighted by Gasteiger charge is -2.09. The number of ketones is 1. The number of aromatic nitrogens is 7. The van der Waals surface area contributed by atoms with Crippen molar-refractivity contribution in [1.29, 1.82) is 0 Å². The number of unbranched alkanes of at least 4 members (excludes halogenated alkanes) is 1. The lowest BCUT2D eigenvalue weighted by atomic mass is 9.98. The Morgan fingerprint density at radius 1 is 1.08 bits per heavy atom. The molecule has 3 heterocycles. The second-order valence-electron chi connectivity index (χ2n) is 8.75. The molecule has 5 rings (SSSR count). The van der Waals surface area contributed by atoms with Crippen molar-refractivity contribution in [3.63, 3.8) is 0 Å².